The molecule has 1 fully saturated rings. The molecule has 1 amide bonds. The van der Waals surface area contributed by atoms with Crippen LogP contribution < -0.4 is 10.1 Å². The van der Waals surface area contributed by atoms with E-state index in [-0.39, 0.29) is 11.8 Å². The number of likely N-dealkylation sites (tertiary alicyclic amines) is 1. The van der Waals surface area contributed by atoms with E-state index in [9.17, 15) is 4.79 Å². The van der Waals surface area contributed by atoms with Crippen molar-refractivity contribution >= 4 is 40.9 Å². The summed E-state index contributed by atoms with van der Waals surface area (Å²) in [6, 6.07) is 14.0. The summed E-state index contributed by atoms with van der Waals surface area (Å²) in [7, 11) is 0. The normalized spacial score (nSPS) is 15.1. The summed E-state index contributed by atoms with van der Waals surface area (Å²) in [4.78, 5) is 14.9. The van der Waals surface area contributed by atoms with Crippen molar-refractivity contribution in [1.82, 2.24) is 10.2 Å². The number of carbonyl (C=O) groups is 1. The number of ether oxygens (including phenoxy) is 1. The molecule has 2 aromatic carbocycles. The van der Waals surface area contributed by atoms with Gasteiger partial charge in [0.05, 0.1) is 16.7 Å². The second-order valence-corrected chi connectivity index (χ2v) is 9.64. The van der Waals surface area contributed by atoms with Crippen LogP contribution in [0.1, 0.15) is 30.9 Å². The van der Waals surface area contributed by atoms with Gasteiger partial charge < -0.3 is 10.1 Å². The molecule has 0 radical (unpaired) electrons. The van der Waals surface area contributed by atoms with E-state index in [4.69, 9.17) is 27.9 Å². The summed E-state index contributed by atoms with van der Waals surface area (Å²) in [5, 5.41) is 4.26. The fraction of sp³-hybridized carbons (Fsp3) is 0.458. The maximum atomic E-state index is 12.5. The molecule has 1 saturated heterocycles. The van der Waals surface area contributed by atoms with Gasteiger partial charge in [0.2, 0.25) is 5.91 Å². The quantitative estimate of drug-likeness (QED) is 0.445. The van der Waals surface area contributed by atoms with Gasteiger partial charge in [-0.1, -0.05) is 41.4 Å². The lowest BCUT2D eigenvalue weighted by Gasteiger charge is -2.31. The number of carbonyl (C=O) groups excluding carboxylic acids is 1. The largest absolute Gasteiger partial charge is 0.494 e. The number of thioether (sulfide) groups is 1. The van der Waals surface area contributed by atoms with E-state index in [1.807, 2.05) is 37.3 Å². The van der Waals surface area contributed by atoms with Crippen LogP contribution in [0, 0.1) is 5.92 Å². The first kappa shape index (κ1) is 24.2. The molecule has 168 valence electrons. The second-order valence-electron chi connectivity index (χ2n) is 7.72. The van der Waals surface area contributed by atoms with Gasteiger partial charge >= 0.3 is 0 Å². The number of piperidine rings is 1. The minimum absolute atomic E-state index is 0.117. The molecule has 0 atom stereocenters. The summed E-state index contributed by atoms with van der Waals surface area (Å²) in [5.74, 6) is 2.96. The van der Waals surface area contributed by atoms with Gasteiger partial charge in [-0.25, -0.2) is 0 Å². The highest BCUT2D eigenvalue weighted by Crippen LogP contribution is 2.25. The van der Waals surface area contributed by atoms with Crippen LogP contribution in [0.5, 0.6) is 5.75 Å². The first-order valence-electron chi connectivity index (χ1n) is 10.8. The molecule has 4 nitrogen and oxygen atoms in total. The molecule has 31 heavy (non-hydrogen) atoms. The van der Waals surface area contributed by atoms with Gasteiger partial charge in [0.25, 0.3) is 0 Å². The van der Waals surface area contributed by atoms with Gasteiger partial charge in [-0.15, -0.1) is 0 Å². The fourth-order valence-electron chi connectivity index (χ4n) is 3.72. The predicted molar refractivity (Wildman–Crippen MR) is 131 cm³/mol. The molecule has 1 aliphatic heterocycles. The van der Waals surface area contributed by atoms with Gasteiger partial charge in [0.15, 0.2) is 0 Å². The zero-order valence-corrected chi connectivity index (χ0v) is 20.2. The van der Waals surface area contributed by atoms with Crippen LogP contribution in [0.25, 0.3) is 0 Å². The summed E-state index contributed by atoms with van der Waals surface area (Å²) in [6.45, 7) is 6.16. The first-order chi connectivity index (χ1) is 15.0. The highest BCUT2D eigenvalue weighted by Gasteiger charge is 2.24. The lowest BCUT2D eigenvalue weighted by atomic mass is 9.95. The molecule has 1 N–H and O–H groups in total. The van der Waals surface area contributed by atoms with Gasteiger partial charge in [-0.2, -0.15) is 11.8 Å². The molecular weight excluding hydrogens is 451 g/mol. The minimum Gasteiger partial charge on any atom is -0.494 e. The monoisotopic (exact) mass is 480 g/mol. The Morgan fingerprint density at radius 3 is 2.68 bits per heavy atom. The van der Waals surface area contributed by atoms with Gasteiger partial charge in [0.1, 0.15) is 5.75 Å². The van der Waals surface area contributed by atoms with Crippen molar-refractivity contribution in [1.29, 1.82) is 0 Å². The number of amides is 1. The molecule has 0 aromatic heterocycles. The SMILES string of the molecule is CCOc1cccc(CN2CCC(C(=O)NCCSCc3ccc(Cl)c(Cl)c3)CC2)c1. The molecule has 0 saturated carbocycles. The average molecular weight is 481 g/mol. The van der Waals surface area contributed by atoms with Crippen molar-refractivity contribution < 1.29 is 9.53 Å². The van der Waals surface area contributed by atoms with Crippen molar-refractivity contribution in [2.45, 2.75) is 32.1 Å². The Labute approximate surface area is 199 Å². The molecule has 0 bridgehead atoms. The Kier molecular flexibility index (Phi) is 9.85. The number of nitrogens with zero attached hydrogens (tertiary/aromatic N) is 1. The summed E-state index contributed by atoms with van der Waals surface area (Å²) in [6.07, 6.45) is 1.82. The van der Waals surface area contributed by atoms with Gasteiger partial charge in [0, 0.05) is 30.5 Å². The lowest BCUT2D eigenvalue weighted by Crippen LogP contribution is -2.40. The summed E-state index contributed by atoms with van der Waals surface area (Å²) >= 11 is 13.8. The second kappa shape index (κ2) is 12.6. The molecule has 1 aliphatic rings. The van der Waals surface area contributed by atoms with E-state index in [2.05, 4.69) is 22.3 Å². The Bertz CT molecular complexity index is 857. The first-order valence-corrected chi connectivity index (χ1v) is 12.7. The molecule has 7 heteroatoms. The van der Waals surface area contributed by atoms with Crippen LogP contribution in [0.4, 0.5) is 0 Å². The third-order valence-corrected chi connectivity index (χ3v) is 7.14. The van der Waals surface area contributed by atoms with E-state index in [0.717, 1.165) is 55.3 Å². The minimum atomic E-state index is 0.117. The Morgan fingerprint density at radius 2 is 1.94 bits per heavy atom. The van der Waals surface area contributed by atoms with Crippen LogP contribution in [0.15, 0.2) is 42.5 Å². The number of nitrogens with one attached hydrogen (secondary N) is 1. The standard InChI is InChI=1S/C24H30Cl2N2O2S/c1-2-30-21-5-3-4-18(14-21)16-28-11-8-20(9-12-28)24(29)27-10-13-31-17-19-6-7-22(25)23(26)15-19/h3-7,14-15,20H,2,8-13,16-17H2,1H3,(H,27,29). The zero-order valence-electron chi connectivity index (χ0n) is 17.9. The fourth-order valence-corrected chi connectivity index (χ4v) is 4.85. The van der Waals surface area contributed by atoms with E-state index < -0.39 is 0 Å². The maximum Gasteiger partial charge on any atom is 0.223 e. The zero-order chi connectivity index (χ0) is 22.1. The number of hydrogen-bond donors (Lipinski definition) is 1. The number of hydrogen-bond acceptors (Lipinski definition) is 4. The molecule has 0 unspecified atom stereocenters. The van der Waals surface area contributed by atoms with Crippen LogP contribution >= 0.6 is 35.0 Å². The molecular formula is C24H30Cl2N2O2S. The molecule has 1 heterocycles. The van der Waals surface area contributed by atoms with Crippen molar-refractivity contribution in [2.24, 2.45) is 5.92 Å². The summed E-state index contributed by atoms with van der Waals surface area (Å²) in [5.41, 5.74) is 2.40. The molecule has 3 rings (SSSR count). The van der Waals surface area contributed by atoms with E-state index in [0.29, 0.717) is 23.2 Å². The number of benzene rings is 2. The van der Waals surface area contributed by atoms with Crippen molar-refractivity contribution in [3.8, 4) is 5.75 Å². The topological polar surface area (TPSA) is 41.6 Å². The summed E-state index contributed by atoms with van der Waals surface area (Å²) < 4.78 is 5.59. The highest BCUT2D eigenvalue weighted by molar-refractivity contribution is 7.98. The average Bonchev–Trinajstić information content (AvgIpc) is 2.77. The third-order valence-electron chi connectivity index (χ3n) is 5.37. The lowest BCUT2D eigenvalue weighted by molar-refractivity contribution is -0.126. The van der Waals surface area contributed by atoms with E-state index >= 15 is 0 Å². The van der Waals surface area contributed by atoms with Crippen molar-refractivity contribution in [3.05, 3.63) is 63.6 Å². The third kappa shape index (κ3) is 7.90. The molecule has 2 aromatic rings. The number of halogens is 2. The van der Waals surface area contributed by atoms with Crippen LogP contribution in [0.2, 0.25) is 10.0 Å². The van der Waals surface area contributed by atoms with Gasteiger partial charge in [-0.3, -0.25) is 9.69 Å². The van der Waals surface area contributed by atoms with Crippen molar-refractivity contribution in [3.63, 3.8) is 0 Å². The van der Waals surface area contributed by atoms with E-state index in [1.54, 1.807) is 11.8 Å². The smallest absolute Gasteiger partial charge is 0.223 e. The van der Waals surface area contributed by atoms with Crippen molar-refractivity contribution in [2.75, 3.05) is 32.0 Å². The van der Waals surface area contributed by atoms with E-state index in [1.165, 1.54) is 5.56 Å². The molecule has 0 aliphatic carbocycles. The van der Waals surface area contributed by atoms with Crippen LogP contribution in [-0.2, 0) is 17.1 Å². The molecule has 0 spiro atoms. The predicted octanol–water partition coefficient (Wildman–Crippen LogP) is 5.65. The Balaban J connectivity index is 1.31. The maximum absolute atomic E-state index is 12.5. The highest BCUT2D eigenvalue weighted by atomic mass is 35.5. The van der Waals surface area contributed by atoms with Crippen LogP contribution in [-0.4, -0.2) is 42.8 Å². The number of rotatable bonds is 10. The Hall–Kier alpha value is -1.40. The van der Waals surface area contributed by atoms with Gasteiger partial charge in [-0.05, 0) is 68.2 Å². The van der Waals surface area contributed by atoms with Crippen LogP contribution in [0.3, 0.4) is 0 Å². The Morgan fingerprint density at radius 1 is 1.13 bits per heavy atom.